The number of carbonyl (C=O) groups is 1. The molecule has 1 saturated carbocycles. The van der Waals surface area contributed by atoms with Crippen LogP contribution in [-0.2, 0) is 19.9 Å². The molecule has 0 spiro atoms. The predicted octanol–water partition coefficient (Wildman–Crippen LogP) is 3.66. The molecule has 134 valence electrons. The maximum absolute atomic E-state index is 13.0. The molecular formula is C21H24N4O. The molecule has 5 heteroatoms. The van der Waals surface area contributed by atoms with Gasteiger partial charge in [-0.05, 0) is 68.2 Å². The minimum atomic E-state index is -0.00226. The van der Waals surface area contributed by atoms with Crippen molar-refractivity contribution >= 4 is 16.8 Å². The summed E-state index contributed by atoms with van der Waals surface area (Å²) in [6.45, 7) is 0. The van der Waals surface area contributed by atoms with Crippen molar-refractivity contribution in [2.24, 2.45) is 13.0 Å². The van der Waals surface area contributed by atoms with Crippen molar-refractivity contribution in [3.63, 3.8) is 0 Å². The highest BCUT2D eigenvalue weighted by molar-refractivity contribution is 5.99. The Morgan fingerprint density at radius 1 is 1.31 bits per heavy atom. The monoisotopic (exact) mass is 348 g/mol. The molecule has 3 aromatic rings. The lowest BCUT2D eigenvalue weighted by Gasteiger charge is -2.18. The Morgan fingerprint density at radius 2 is 2.15 bits per heavy atom. The lowest BCUT2D eigenvalue weighted by atomic mass is 9.95. The first-order chi connectivity index (χ1) is 12.7. The number of amides is 1. The molecule has 2 aliphatic rings. The van der Waals surface area contributed by atoms with Crippen LogP contribution in [0, 0.1) is 5.92 Å². The molecule has 1 atom stereocenters. The van der Waals surface area contributed by atoms with Gasteiger partial charge in [-0.1, -0.05) is 0 Å². The van der Waals surface area contributed by atoms with Gasteiger partial charge in [0.25, 0.3) is 5.91 Å². The van der Waals surface area contributed by atoms with Crippen molar-refractivity contribution in [3.8, 4) is 0 Å². The van der Waals surface area contributed by atoms with E-state index >= 15 is 0 Å². The summed E-state index contributed by atoms with van der Waals surface area (Å²) in [4.78, 5) is 21.0. The van der Waals surface area contributed by atoms with Crippen molar-refractivity contribution in [1.82, 2.24) is 19.9 Å². The number of imidazole rings is 1. The van der Waals surface area contributed by atoms with Gasteiger partial charge in [0.1, 0.15) is 5.82 Å². The van der Waals surface area contributed by atoms with Crippen LogP contribution >= 0.6 is 0 Å². The Kier molecular flexibility index (Phi) is 3.62. The van der Waals surface area contributed by atoms with E-state index in [1.165, 1.54) is 29.5 Å². The Balaban J connectivity index is 1.45. The third-order valence-electron chi connectivity index (χ3n) is 5.88. The van der Waals surface area contributed by atoms with Gasteiger partial charge in [0.2, 0.25) is 0 Å². The number of aromatic nitrogens is 3. The van der Waals surface area contributed by atoms with Crippen molar-refractivity contribution < 1.29 is 4.79 Å². The Hall–Kier alpha value is -2.56. The number of nitrogens with zero attached hydrogens (tertiary/aromatic N) is 2. The van der Waals surface area contributed by atoms with Crippen LogP contribution in [0.2, 0.25) is 0 Å². The fraction of sp³-hybridized carbons (Fsp3) is 0.429. The minimum absolute atomic E-state index is 0.00154. The number of hydrogen-bond acceptors (Lipinski definition) is 2. The molecule has 2 N–H and O–H groups in total. The number of H-pyrrole nitrogens is 1. The minimum Gasteiger partial charge on any atom is -0.358 e. The highest BCUT2D eigenvalue weighted by Crippen LogP contribution is 2.40. The standard InChI is InChI=1S/C21H24N4O/c1-25-11-10-22-20(25)19(13-6-7-13)24-21(26)14-8-9-18-16(12-14)15-4-2-3-5-17(15)23-18/h8-13,19,23H,2-7H2,1H3,(H,24,26)/t19-/m1/s1. The molecule has 0 bridgehead atoms. The van der Waals surface area contributed by atoms with Crippen molar-refractivity contribution in [2.75, 3.05) is 0 Å². The molecule has 2 aromatic heterocycles. The van der Waals surface area contributed by atoms with Gasteiger partial charge in [-0.2, -0.15) is 0 Å². The first kappa shape index (κ1) is 15.7. The van der Waals surface area contributed by atoms with E-state index in [9.17, 15) is 4.79 Å². The molecule has 2 heterocycles. The quantitative estimate of drug-likeness (QED) is 0.756. The zero-order valence-electron chi connectivity index (χ0n) is 15.1. The van der Waals surface area contributed by atoms with Crippen LogP contribution in [-0.4, -0.2) is 20.4 Å². The zero-order valence-corrected chi connectivity index (χ0v) is 15.1. The van der Waals surface area contributed by atoms with Gasteiger partial charge in [0, 0.05) is 41.6 Å². The summed E-state index contributed by atoms with van der Waals surface area (Å²) in [5.74, 6) is 1.45. The third-order valence-corrected chi connectivity index (χ3v) is 5.88. The van der Waals surface area contributed by atoms with Gasteiger partial charge in [-0.3, -0.25) is 4.79 Å². The van der Waals surface area contributed by atoms with E-state index in [1.807, 2.05) is 23.9 Å². The third kappa shape index (κ3) is 2.62. The van der Waals surface area contributed by atoms with Crippen molar-refractivity contribution in [1.29, 1.82) is 0 Å². The van der Waals surface area contributed by atoms with E-state index in [2.05, 4.69) is 27.4 Å². The SMILES string of the molecule is Cn1ccnc1[C@H](NC(=O)c1ccc2[nH]c3c(c2c1)CCCC3)C1CC1. The molecule has 26 heavy (non-hydrogen) atoms. The van der Waals surface area contributed by atoms with Crippen LogP contribution in [0.5, 0.6) is 0 Å². The Bertz CT molecular complexity index is 979. The van der Waals surface area contributed by atoms with Gasteiger partial charge >= 0.3 is 0 Å². The average Bonchev–Trinajstić information content (AvgIpc) is 3.31. The summed E-state index contributed by atoms with van der Waals surface area (Å²) in [6.07, 6.45) is 10.8. The lowest BCUT2D eigenvalue weighted by Crippen LogP contribution is -2.31. The maximum Gasteiger partial charge on any atom is 0.251 e. The number of aryl methyl sites for hydroxylation is 3. The van der Waals surface area contributed by atoms with E-state index in [0.717, 1.165) is 42.6 Å². The fourth-order valence-electron chi connectivity index (χ4n) is 4.27. The smallest absolute Gasteiger partial charge is 0.251 e. The number of hydrogen-bond donors (Lipinski definition) is 2. The van der Waals surface area contributed by atoms with E-state index in [4.69, 9.17) is 0 Å². The van der Waals surface area contributed by atoms with E-state index in [-0.39, 0.29) is 11.9 Å². The number of benzene rings is 1. The topological polar surface area (TPSA) is 62.7 Å². The molecule has 0 saturated heterocycles. The molecule has 1 aromatic carbocycles. The van der Waals surface area contributed by atoms with Gasteiger partial charge in [-0.25, -0.2) is 4.98 Å². The summed E-state index contributed by atoms with van der Waals surface area (Å²) < 4.78 is 2.01. The fourth-order valence-corrected chi connectivity index (χ4v) is 4.27. The van der Waals surface area contributed by atoms with Crippen LogP contribution in [0.4, 0.5) is 0 Å². The first-order valence-corrected chi connectivity index (χ1v) is 9.62. The van der Waals surface area contributed by atoms with Crippen LogP contribution in [0.25, 0.3) is 10.9 Å². The summed E-state index contributed by atoms with van der Waals surface area (Å²) >= 11 is 0. The largest absolute Gasteiger partial charge is 0.358 e. The van der Waals surface area contributed by atoms with Crippen LogP contribution < -0.4 is 5.32 Å². The second-order valence-corrected chi connectivity index (χ2v) is 7.73. The first-order valence-electron chi connectivity index (χ1n) is 9.62. The zero-order chi connectivity index (χ0) is 17.7. The average molecular weight is 348 g/mol. The van der Waals surface area contributed by atoms with Crippen molar-refractivity contribution in [2.45, 2.75) is 44.6 Å². The van der Waals surface area contributed by atoms with Crippen LogP contribution in [0.1, 0.15) is 59.2 Å². The van der Waals surface area contributed by atoms with E-state index in [0.29, 0.717) is 5.92 Å². The number of fused-ring (bicyclic) bond motifs is 3. The lowest BCUT2D eigenvalue weighted by molar-refractivity contribution is 0.0929. The molecule has 1 amide bonds. The number of aromatic amines is 1. The number of carbonyl (C=O) groups excluding carboxylic acids is 1. The van der Waals surface area contributed by atoms with Gasteiger partial charge in [0.15, 0.2) is 0 Å². The van der Waals surface area contributed by atoms with Crippen molar-refractivity contribution in [3.05, 3.63) is 53.2 Å². The summed E-state index contributed by atoms with van der Waals surface area (Å²) in [7, 11) is 1.99. The van der Waals surface area contributed by atoms with E-state index < -0.39 is 0 Å². The second kappa shape index (κ2) is 6.01. The van der Waals surface area contributed by atoms with Crippen LogP contribution in [0.15, 0.2) is 30.6 Å². The summed E-state index contributed by atoms with van der Waals surface area (Å²) in [5.41, 5.74) is 4.65. The van der Waals surface area contributed by atoms with Gasteiger partial charge in [0.05, 0.1) is 6.04 Å². The highest BCUT2D eigenvalue weighted by Gasteiger charge is 2.35. The Morgan fingerprint density at radius 3 is 2.92 bits per heavy atom. The Labute approximate surface area is 152 Å². The number of nitrogens with one attached hydrogen (secondary N) is 2. The normalized spacial score (nSPS) is 17.9. The van der Waals surface area contributed by atoms with E-state index in [1.54, 1.807) is 6.20 Å². The molecule has 0 aliphatic heterocycles. The molecule has 1 fully saturated rings. The molecule has 5 rings (SSSR count). The summed E-state index contributed by atoms with van der Waals surface area (Å²) in [6, 6.07) is 6.05. The van der Waals surface area contributed by atoms with Gasteiger partial charge < -0.3 is 14.9 Å². The number of rotatable bonds is 4. The molecule has 0 unspecified atom stereocenters. The predicted molar refractivity (Wildman–Crippen MR) is 101 cm³/mol. The summed E-state index contributed by atoms with van der Waals surface area (Å²) in [5, 5.41) is 4.46. The van der Waals surface area contributed by atoms with Gasteiger partial charge in [-0.15, -0.1) is 0 Å². The maximum atomic E-state index is 13.0. The van der Waals surface area contributed by atoms with Crippen LogP contribution in [0.3, 0.4) is 0 Å². The molecule has 5 nitrogen and oxygen atoms in total. The highest BCUT2D eigenvalue weighted by atomic mass is 16.1. The molecular weight excluding hydrogens is 324 g/mol. The second-order valence-electron chi connectivity index (χ2n) is 7.73. The molecule has 2 aliphatic carbocycles. The molecule has 0 radical (unpaired) electrons.